The Morgan fingerprint density at radius 2 is 1.12 bits per heavy atom. The van der Waals surface area contributed by atoms with E-state index in [9.17, 15) is 0 Å². The second kappa shape index (κ2) is 16.1. The molecule has 2 aromatic carbocycles. The summed E-state index contributed by atoms with van der Waals surface area (Å²) in [4.78, 5) is 0. The van der Waals surface area contributed by atoms with Crippen LogP contribution in [-0.4, -0.2) is 0 Å². The first kappa shape index (κ1) is 36.4. The van der Waals surface area contributed by atoms with Gasteiger partial charge in [0.05, 0.1) is 0 Å². The van der Waals surface area contributed by atoms with Gasteiger partial charge in [-0.2, -0.15) is 0 Å². The summed E-state index contributed by atoms with van der Waals surface area (Å²) >= 11 is 0. The minimum Gasteiger partial charge on any atom is -0.358 e. The van der Waals surface area contributed by atoms with E-state index in [-0.39, 0.29) is 47.6 Å². The van der Waals surface area contributed by atoms with E-state index in [1.807, 2.05) is 27.7 Å². The Balaban J connectivity index is 0.00000110. The molecule has 0 nitrogen and oxygen atoms in total. The van der Waals surface area contributed by atoms with Gasteiger partial charge in [0.1, 0.15) is 0 Å². The van der Waals surface area contributed by atoms with Gasteiger partial charge in [0.25, 0.3) is 0 Å². The standard InChI is InChI=1S/C33H35.2C2H6.2CH3.Y/c1-5-22-6-7-24(16-22)26-10-12-28-31-15-14-30(32(28)18-26)29-13-11-27(19-33(29)31)25-9-8-23(17-25)21(4)20(2)3;2*1-2;;;/h5-13,18-21,30-31H,14-17H2,1-4H3;2*1-2H3;2*1H3;/q-1;;;2*-1;+3. The quantitative estimate of drug-likeness (QED) is 0.296. The van der Waals surface area contributed by atoms with Gasteiger partial charge in [-0.25, -0.2) is 18.1 Å². The predicted molar refractivity (Wildman–Crippen MR) is 177 cm³/mol. The fourth-order valence-electron chi connectivity index (χ4n) is 6.50. The molecule has 0 aromatic heterocycles. The largest absolute Gasteiger partial charge is 3.00 e. The van der Waals surface area contributed by atoms with Crippen molar-refractivity contribution in [1.29, 1.82) is 0 Å². The van der Waals surface area contributed by atoms with Gasteiger partial charge in [-0.1, -0.05) is 108 Å². The van der Waals surface area contributed by atoms with Crippen molar-refractivity contribution in [1.82, 2.24) is 0 Å². The van der Waals surface area contributed by atoms with Crippen LogP contribution in [0.3, 0.4) is 0 Å². The Labute approximate surface area is 273 Å². The topological polar surface area (TPSA) is 0 Å². The van der Waals surface area contributed by atoms with Crippen LogP contribution in [0.1, 0.15) is 126 Å². The van der Waals surface area contributed by atoms with E-state index >= 15 is 0 Å². The molecule has 40 heavy (non-hydrogen) atoms. The smallest absolute Gasteiger partial charge is 0.358 e. The zero-order valence-electron chi connectivity index (χ0n) is 27.1. The molecule has 7 rings (SSSR count). The third kappa shape index (κ3) is 6.87. The van der Waals surface area contributed by atoms with Crippen molar-refractivity contribution in [3.63, 3.8) is 0 Å². The first-order chi connectivity index (χ1) is 18.0. The Hall–Kier alpha value is -1.63. The van der Waals surface area contributed by atoms with Gasteiger partial charge in [0.15, 0.2) is 0 Å². The van der Waals surface area contributed by atoms with Gasteiger partial charge < -0.3 is 14.9 Å². The van der Waals surface area contributed by atoms with Crippen molar-refractivity contribution in [2.75, 3.05) is 0 Å². The van der Waals surface area contributed by atoms with Crippen molar-refractivity contribution in [3.05, 3.63) is 127 Å². The molecule has 0 spiro atoms. The Bertz CT molecular complexity index is 1250. The van der Waals surface area contributed by atoms with E-state index in [1.165, 1.54) is 40.7 Å². The number of allylic oxidation sites excluding steroid dienone is 8. The summed E-state index contributed by atoms with van der Waals surface area (Å²) in [6.07, 6.45) is 16.4. The molecular weight excluding hydrogens is 557 g/mol. The number of hydrogen-bond donors (Lipinski definition) is 0. The summed E-state index contributed by atoms with van der Waals surface area (Å²) in [6.45, 7) is 17.2. The maximum Gasteiger partial charge on any atom is 3.00 e. The summed E-state index contributed by atoms with van der Waals surface area (Å²) < 4.78 is 0. The summed E-state index contributed by atoms with van der Waals surface area (Å²) in [5.41, 5.74) is 15.2. The van der Waals surface area contributed by atoms with Gasteiger partial charge in [0.2, 0.25) is 0 Å². The minimum absolute atomic E-state index is 0. The van der Waals surface area contributed by atoms with E-state index in [4.69, 9.17) is 0 Å². The number of benzene rings is 2. The zero-order chi connectivity index (χ0) is 26.7. The molecule has 0 amide bonds. The first-order valence-corrected chi connectivity index (χ1v) is 14.9. The van der Waals surface area contributed by atoms with Crippen molar-refractivity contribution >= 4 is 11.1 Å². The maximum atomic E-state index is 2.54. The van der Waals surface area contributed by atoms with Crippen LogP contribution in [0.2, 0.25) is 0 Å². The van der Waals surface area contributed by atoms with Crippen LogP contribution < -0.4 is 0 Å². The summed E-state index contributed by atoms with van der Waals surface area (Å²) in [5.74, 6) is 2.48. The second-order valence-corrected chi connectivity index (χ2v) is 10.9. The maximum absolute atomic E-state index is 2.54. The number of rotatable bonds is 5. The molecule has 2 aromatic rings. The monoisotopic (exact) mass is 610 g/mol. The zero-order valence-corrected chi connectivity index (χ0v) is 29.9. The molecule has 0 aliphatic heterocycles. The second-order valence-electron chi connectivity index (χ2n) is 10.9. The summed E-state index contributed by atoms with van der Waals surface area (Å²) in [6, 6.07) is 14.7. The van der Waals surface area contributed by atoms with Crippen molar-refractivity contribution in [2.24, 2.45) is 11.8 Å². The van der Waals surface area contributed by atoms with Gasteiger partial charge in [-0.15, -0.1) is 13.0 Å². The van der Waals surface area contributed by atoms with Gasteiger partial charge in [0, 0.05) is 11.8 Å². The predicted octanol–water partition coefficient (Wildman–Crippen LogP) is 12.0. The molecule has 0 fully saturated rings. The van der Waals surface area contributed by atoms with Crippen LogP contribution in [0.5, 0.6) is 0 Å². The molecule has 1 heteroatoms. The summed E-state index contributed by atoms with van der Waals surface area (Å²) in [5, 5.41) is 0. The molecule has 0 N–H and O–H groups in total. The van der Waals surface area contributed by atoms with Crippen LogP contribution in [0.25, 0.3) is 11.1 Å². The van der Waals surface area contributed by atoms with Gasteiger partial charge in [-0.05, 0) is 76.5 Å². The fourth-order valence-corrected chi connectivity index (χ4v) is 6.50. The third-order valence-electron chi connectivity index (χ3n) is 8.90. The minimum atomic E-state index is 0. The SMILES string of the molecule is CC.CC.C[CH-]C1=CC=C(c2ccc3c(c2)C2CCC3c3cc(C4=CC=C(C(C)C(C)C)C4)ccc32)C1.[CH3-].[CH3-].[Y+3]. The average molecular weight is 611 g/mol. The molecule has 2 bridgehead atoms. The summed E-state index contributed by atoms with van der Waals surface area (Å²) in [7, 11) is 0. The van der Waals surface area contributed by atoms with E-state index in [2.05, 4.69) is 94.8 Å². The van der Waals surface area contributed by atoms with E-state index in [0.717, 1.165) is 12.8 Å². The molecule has 0 saturated carbocycles. The van der Waals surface area contributed by atoms with Crippen LogP contribution in [0.15, 0.2) is 71.8 Å². The Kier molecular flexibility index (Phi) is 14.7. The van der Waals surface area contributed by atoms with Crippen LogP contribution >= 0.6 is 0 Å². The van der Waals surface area contributed by atoms with Gasteiger partial charge >= 0.3 is 32.7 Å². The molecule has 212 valence electrons. The molecule has 5 aliphatic rings. The van der Waals surface area contributed by atoms with Crippen molar-refractivity contribution < 1.29 is 32.7 Å². The first-order valence-electron chi connectivity index (χ1n) is 14.9. The Morgan fingerprint density at radius 3 is 1.57 bits per heavy atom. The molecule has 3 unspecified atom stereocenters. The number of fused-ring (bicyclic) bond motifs is 1. The average Bonchev–Trinajstić information content (AvgIpc) is 3.65. The van der Waals surface area contributed by atoms with Crippen molar-refractivity contribution in [3.8, 4) is 0 Å². The molecule has 0 radical (unpaired) electrons. The van der Waals surface area contributed by atoms with Crippen LogP contribution in [0, 0.1) is 33.1 Å². The molecule has 5 aliphatic carbocycles. The third-order valence-corrected chi connectivity index (χ3v) is 8.90. The normalized spacial score (nSPS) is 19.7. The Morgan fingerprint density at radius 1 is 0.650 bits per heavy atom. The van der Waals surface area contributed by atoms with E-state index in [0.29, 0.717) is 23.7 Å². The fraction of sp³-hybridized carbons (Fsp3) is 0.410. The van der Waals surface area contributed by atoms with Crippen molar-refractivity contribution in [2.45, 2.75) is 92.9 Å². The number of hydrogen-bond acceptors (Lipinski definition) is 0. The van der Waals surface area contributed by atoms with Crippen LogP contribution in [0.4, 0.5) is 0 Å². The van der Waals surface area contributed by atoms with Gasteiger partial charge in [-0.3, -0.25) is 0 Å². The van der Waals surface area contributed by atoms with E-state index < -0.39 is 0 Å². The molecular formula is C39H53Y. The molecule has 3 atom stereocenters. The molecule has 0 heterocycles. The molecule has 0 saturated heterocycles. The van der Waals surface area contributed by atoms with Crippen LogP contribution in [-0.2, 0) is 32.7 Å². The van der Waals surface area contributed by atoms with E-state index in [1.54, 1.807) is 27.8 Å².